The van der Waals surface area contributed by atoms with E-state index >= 15 is 0 Å². The Morgan fingerprint density at radius 1 is 1.41 bits per heavy atom. The zero-order valence-electron chi connectivity index (χ0n) is 11.2. The average molecular weight is 308 g/mol. The first-order chi connectivity index (χ1) is 10.4. The molecule has 0 amide bonds. The highest BCUT2D eigenvalue weighted by atomic mass is 19.4. The standard InChI is InChI=1S/C15H11F3N2O2/c16-15(17,18)11-3-1-9(2-4-11)12-8-19-20-6-5-10(14(21)22)7-13(12)20/h1,3-9H,2H2,(H,21,22). The van der Waals surface area contributed by atoms with Crippen molar-refractivity contribution in [2.75, 3.05) is 0 Å². The topological polar surface area (TPSA) is 54.6 Å². The van der Waals surface area contributed by atoms with Crippen LogP contribution in [0.2, 0.25) is 0 Å². The van der Waals surface area contributed by atoms with Crippen LogP contribution in [0.15, 0.2) is 48.3 Å². The number of fused-ring (bicyclic) bond motifs is 1. The van der Waals surface area contributed by atoms with Crippen LogP contribution in [-0.4, -0.2) is 26.9 Å². The molecular formula is C15H11F3N2O2. The third kappa shape index (κ3) is 2.49. The molecule has 1 N–H and O–H groups in total. The summed E-state index contributed by atoms with van der Waals surface area (Å²) in [4.78, 5) is 11.0. The van der Waals surface area contributed by atoms with E-state index in [1.807, 2.05) is 0 Å². The molecule has 0 saturated heterocycles. The summed E-state index contributed by atoms with van der Waals surface area (Å²) in [6.07, 6.45) is 2.61. The highest BCUT2D eigenvalue weighted by molar-refractivity contribution is 5.89. The summed E-state index contributed by atoms with van der Waals surface area (Å²) in [7, 11) is 0. The third-order valence-electron chi connectivity index (χ3n) is 3.62. The molecule has 0 spiro atoms. The van der Waals surface area contributed by atoms with Crippen LogP contribution in [0.4, 0.5) is 13.2 Å². The molecule has 22 heavy (non-hydrogen) atoms. The fraction of sp³-hybridized carbons (Fsp3) is 0.200. The Morgan fingerprint density at radius 2 is 2.18 bits per heavy atom. The quantitative estimate of drug-likeness (QED) is 0.923. The number of rotatable bonds is 2. The Kier molecular flexibility index (Phi) is 3.27. The number of halogens is 3. The van der Waals surface area contributed by atoms with Crippen LogP contribution in [0.1, 0.15) is 28.3 Å². The van der Waals surface area contributed by atoms with E-state index in [2.05, 4.69) is 5.10 Å². The molecule has 7 heteroatoms. The Bertz CT molecular complexity index is 803. The van der Waals surface area contributed by atoms with Gasteiger partial charge in [0.25, 0.3) is 0 Å². The van der Waals surface area contributed by atoms with Crippen molar-refractivity contribution >= 4 is 11.5 Å². The van der Waals surface area contributed by atoms with Crippen LogP contribution >= 0.6 is 0 Å². The first-order valence-electron chi connectivity index (χ1n) is 6.52. The van der Waals surface area contributed by atoms with Crippen molar-refractivity contribution in [2.24, 2.45) is 0 Å². The lowest BCUT2D eigenvalue weighted by Gasteiger charge is -2.17. The van der Waals surface area contributed by atoms with E-state index in [-0.39, 0.29) is 17.9 Å². The highest BCUT2D eigenvalue weighted by Crippen LogP contribution is 2.35. The molecular weight excluding hydrogens is 297 g/mol. The van der Waals surface area contributed by atoms with Crippen molar-refractivity contribution in [3.8, 4) is 0 Å². The molecule has 0 aromatic carbocycles. The second-order valence-electron chi connectivity index (χ2n) is 5.01. The van der Waals surface area contributed by atoms with Gasteiger partial charge in [0.2, 0.25) is 0 Å². The minimum absolute atomic E-state index is 0.112. The summed E-state index contributed by atoms with van der Waals surface area (Å²) in [6, 6.07) is 2.89. The Labute approximate surface area is 123 Å². The zero-order chi connectivity index (χ0) is 15.9. The van der Waals surface area contributed by atoms with Gasteiger partial charge in [0.1, 0.15) is 0 Å². The fourth-order valence-electron chi connectivity index (χ4n) is 2.48. The molecule has 4 nitrogen and oxygen atoms in total. The van der Waals surface area contributed by atoms with E-state index < -0.39 is 17.7 Å². The van der Waals surface area contributed by atoms with E-state index in [4.69, 9.17) is 5.11 Å². The lowest BCUT2D eigenvalue weighted by Crippen LogP contribution is -2.13. The number of hydrogen-bond donors (Lipinski definition) is 1. The maximum atomic E-state index is 12.6. The molecule has 2 heterocycles. The molecule has 0 fully saturated rings. The molecule has 0 saturated carbocycles. The number of carboxylic acids is 1. The highest BCUT2D eigenvalue weighted by Gasteiger charge is 2.33. The molecule has 1 atom stereocenters. The first kappa shape index (κ1) is 14.4. The van der Waals surface area contributed by atoms with Crippen molar-refractivity contribution in [1.82, 2.24) is 9.61 Å². The number of aromatic nitrogens is 2. The summed E-state index contributed by atoms with van der Waals surface area (Å²) >= 11 is 0. The van der Waals surface area contributed by atoms with E-state index in [0.717, 1.165) is 12.2 Å². The molecule has 114 valence electrons. The van der Waals surface area contributed by atoms with Gasteiger partial charge in [0.05, 0.1) is 22.9 Å². The van der Waals surface area contributed by atoms with Crippen LogP contribution < -0.4 is 0 Å². The smallest absolute Gasteiger partial charge is 0.416 e. The number of carboxylic acid groups (broad SMARTS) is 1. The summed E-state index contributed by atoms with van der Waals surface area (Å²) in [6.45, 7) is 0. The van der Waals surface area contributed by atoms with E-state index in [1.54, 1.807) is 6.20 Å². The average Bonchev–Trinajstić information content (AvgIpc) is 2.89. The van der Waals surface area contributed by atoms with Crippen molar-refractivity contribution in [1.29, 1.82) is 0 Å². The number of allylic oxidation sites excluding steroid dienone is 4. The van der Waals surface area contributed by atoms with Crippen molar-refractivity contribution in [3.63, 3.8) is 0 Å². The second-order valence-corrected chi connectivity index (χ2v) is 5.01. The van der Waals surface area contributed by atoms with Gasteiger partial charge in [-0.15, -0.1) is 0 Å². The van der Waals surface area contributed by atoms with Gasteiger partial charge in [-0.05, 0) is 18.6 Å². The fourth-order valence-corrected chi connectivity index (χ4v) is 2.48. The summed E-state index contributed by atoms with van der Waals surface area (Å²) in [5.74, 6) is -1.32. The number of pyridine rings is 1. The molecule has 1 aliphatic rings. The molecule has 0 aliphatic heterocycles. The normalized spacial score (nSPS) is 18.5. The van der Waals surface area contributed by atoms with E-state index in [9.17, 15) is 18.0 Å². The summed E-state index contributed by atoms with van der Waals surface area (Å²) in [5.41, 5.74) is 0.738. The zero-order valence-corrected chi connectivity index (χ0v) is 11.2. The van der Waals surface area contributed by atoms with Crippen LogP contribution in [0, 0.1) is 0 Å². The third-order valence-corrected chi connectivity index (χ3v) is 3.62. The van der Waals surface area contributed by atoms with Gasteiger partial charge < -0.3 is 5.11 Å². The maximum absolute atomic E-state index is 12.6. The maximum Gasteiger partial charge on any atom is 0.416 e. The van der Waals surface area contributed by atoms with Gasteiger partial charge in [-0.3, -0.25) is 0 Å². The largest absolute Gasteiger partial charge is 0.478 e. The second kappa shape index (κ2) is 5.01. The Hall–Kier alpha value is -2.57. The Morgan fingerprint density at radius 3 is 2.77 bits per heavy atom. The Balaban J connectivity index is 1.96. The van der Waals surface area contributed by atoms with Crippen LogP contribution in [0.5, 0.6) is 0 Å². The van der Waals surface area contributed by atoms with E-state index in [0.29, 0.717) is 11.1 Å². The number of aromatic carboxylic acids is 1. The number of hydrogen-bond acceptors (Lipinski definition) is 2. The number of alkyl halides is 3. The van der Waals surface area contributed by atoms with Crippen molar-refractivity contribution < 1.29 is 23.1 Å². The number of nitrogens with zero attached hydrogens (tertiary/aromatic N) is 2. The van der Waals surface area contributed by atoms with Crippen molar-refractivity contribution in [2.45, 2.75) is 18.5 Å². The van der Waals surface area contributed by atoms with Gasteiger partial charge in [-0.2, -0.15) is 18.3 Å². The predicted molar refractivity (Wildman–Crippen MR) is 72.8 cm³/mol. The molecule has 1 aliphatic carbocycles. The van der Waals surface area contributed by atoms with E-state index in [1.165, 1.54) is 28.9 Å². The lowest BCUT2D eigenvalue weighted by atomic mass is 9.90. The van der Waals surface area contributed by atoms with Crippen LogP contribution in [0.3, 0.4) is 0 Å². The van der Waals surface area contributed by atoms with Crippen molar-refractivity contribution in [3.05, 3.63) is 59.5 Å². The minimum atomic E-state index is -4.35. The molecule has 3 rings (SSSR count). The SMILES string of the molecule is O=C(O)c1ccn2ncc(C3C=CC(C(F)(F)F)=CC3)c2c1. The molecule has 2 aromatic rings. The van der Waals surface area contributed by atoms with Gasteiger partial charge >= 0.3 is 12.1 Å². The number of carbonyl (C=O) groups is 1. The van der Waals surface area contributed by atoms with Crippen LogP contribution in [-0.2, 0) is 0 Å². The van der Waals surface area contributed by atoms with Gasteiger partial charge in [-0.25, -0.2) is 9.31 Å². The summed E-state index contributed by atoms with van der Waals surface area (Å²) in [5, 5.41) is 13.1. The molecule has 0 bridgehead atoms. The molecule has 2 aromatic heterocycles. The molecule has 1 unspecified atom stereocenters. The minimum Gasteiger partial charge on any atom is -0.478 e. The summed E-state index contributed by atoms with van der Waals surface area (Å²) < 4.78 is 39.3. The first-order valence-corrected chi connectivity index (χ1v) is 6.52. The van der Waals surface area contributed by atoms with Gasteiger partial charge in [0, 0.05) is 17.7 Å². The lowest BCUT2D eigenvalue weighted by molar-refractivity contribution is -0.0886. The van der Waals surface area contributed by atoms with Crippen LogP contribution in [0.25, 0.3) is 5.52 Å². The monoisotopic (exact) mass is 308 g/mol. The molecule has 0 radical (unpaired) electrons. The van der Waals surface area contributed by atoms with Gasteiger partial charge in [-0.1, -0.05) is 18.2 Å². The predicted octanol–water partition coefficient (Wildman–Crippen LogP) is 3.56. The van der Waals surface area contributed by atoms with Gasteiger partial charge in [0.15, 0.2) is 0 Å².